The van der Waals surface area contributed by atoms with Crippen molar-refractivity contribution in [2.24, 2.45) is 0 Å². The number of hydrogen-bond donors (Lipinski definition) is 1. The van der Waals surface area contributed by atoms with Crippen molar-refractivity contribution in [3.63, 3.8) is 0 Å². The lowest BCUT2D eigenvalue weighted by Gasteiger charge is -2.25. The van der Waals surface area contributed by atoms with Gasteiger partial charge in [0, 0.05) is 6.04 Å². The number of aryl methyl sites for hydroxylation is 1. The maximum absolute atomic E-state index is 3.71. The van der Waals surface area contributed by atoms with E-state index in [2.05, 4.69) is 59.9 Å². The van der Waals surface area contributed by atoms with E-state index in [1.807, 2.05) is 0 Å². The van der Waals surface area contributed by atoms with E-state index in [1.54, 1.807) is 5.56 Å². The van der Waals surface area contributed by atoms with Crippen LogP contribution in [0.15, 0.2) is 54.6 Å². The quantitative estimate of drug-likeness (QED) is 0.878. The standard InChI is InChI=1S/C18H21N/c1-2-6-15(7-3-1)12-13-19-18-11-10-16-8-4-5-9-17(16)14-18/h1-9,18-19H,10-14H2. The van der Waals surface area contributed by atoms with Crippen LogP contribution in [0.2, 0.25) is 0 Å². The highest BCUT2D eigenvalue weighted by molar-refractivity contribution is 5.30. The highest BCUT2D eigenvalue weighted by atomic mass is 14.9. The van der Waals surface area contributed by atoms with Crippen molar-refractivity contribution in [2.75, 3.05) is 6.54 Å². The fraction of sp³-hybridized carbons (Fsp3) is 0.333. The van der Waals surface area contributed by atoms with Crippen LogP contribution in [0, 0.1) is 0 Å². The molecule has 2 aromatic carbocycles. The molecule has 0 spiro atoms. The van der Waals surface area contributed by atoms with Gasteiger partial charge < -0.3 is 5.32 Å². The second kappa shape index (κ2) is 6.03. The molecule has 1 atom stereocenters. The molecular weight excluding hydrogens is 230 g/mol. The van der Waals surface area contributed by atoms with Crippen LogP contribution in [0.5, 0.6) is 0 Å². The smallest absolute Gasteiger partial charge is 0.0111 e. The summed E-state index contributed by atoms with van der Waals surface area (Å²) in [7, 11) is 0. The molecule has 1 aliphatic rings. The monoisotopic (exact) mass is 251 g/mol. The molecule has 1 nitrogen and oxygen atoms in total. The highest BCUT2D eigenvalue weighted by Crippen LogP contribution is 2.20. The predicted molar refractivity (Wildman–Crippen MR) is 80.4 cm³/mol. The first-order valence-corrected chi connectivity index (χ1v) is 7.26. The molecule has 0 aromatic heterocycles. The Bertz CT molecular complexity index is 518. The van der Waals surface area contributed by atoms with Gasteiger partial charge in [-0.05, 0) is 48.9 Å². The van der Waals surface area contributed by atoms with Gasteiger partial charge in [0.15, 0.2) is 0 Å². The van der Waals surface area contributed by atoms with E-state index in [0.29, 0.717) is 6.04 Å². The van der Waals surface area contributed by atoms with Gasteiger partial charge >= 0.3 is 0 Å². The van der Waals surface area contributed by atoms with Gasteiger partial charge in [0.1, 0.15) is 0 Å². The third kappa shape index (κ3) is 3.24. The summed E-state index contributed by atoms with van der Waals surface area (Å²) in [5.74, 6) is 0. The Kier molecular flexibility index (Phi) is 3.95. The van der Waals surface area contributed by atoms with Crippen LogP contribution >= 0.6 is 0 Å². The zero-order valence-electron chi connectivity index (χ0n) is 11.3. The summed E-state index contributed by atoms with van der Waals surface area (Å²) < 4.78 is 0. The molecule has 0 bridgehead atoms. The number of rotatable bonds is 4. The minimum Gasteiger partial charge on any atom is -0.313 e. The molecule has 0 heterocycles. The van der Waals surface area contributed by atoms with E-state index in [1.165, 1.54) is 30.4 Å². The maximum atomic E-state index is 3.71. The fourth-order valence-electron chi connectivity index (χ4n) is 2.94. The first-order chi connectivity index (χ1) is 9.42. The lowest BCUT2D eigenvalue weighted by Crippen LogP contribution is -2.35. The Balaban J connectivity index is 1.50. The summed E-state index contributed by atoms with van der Waals surface area (Å²) in [5, 5.41) is 3.71. The fourth-order valence-corrected chi connectivity index (χ4v) is 2.94. The predicted octanol–water partition coefficient (Wildman–Crippen LogP) is 3.38. The Morgan fingerprint density at radius 2 is 1.63 bits per heavy atom. The van der Waals surface area contributed by atoms with Crippen molar-refractivity contribution < 1.29 is 0 Å². The van der Waals surface area contributed by atoms with Gasteiger partial charge in [-0.3, -0.25) is 0 Å². The van der Waals surface area contributed by atoms with Crippen molar-refractivity contribution in [1.82, 2.24) is 5.32 Å². The zero-order valence-corrected chi connectivity index (χ0v) is 11.3. The van der Waals surface area contributed by atoms with Gasteiger partial charge in [-0.1, -0.05) is 54.6 Å². The summed E-state index contributed by atoms with van der Waals surface area (Å²) in [5.41, 5.74) is 4.50. The average Bonchev–Trinajstić information content (AvgIpc) is 2.48. The molecule has 0 amide bonds. The summed E-state index contributed by atoms with van der Waals surface area (Å²) in [6, 6.07) is 20.2. The molecular formula is C18H21N. The zero-order chi connectivity index (χ0) is 12.9. The Labute approximate surface area is 115 Å². The van der Waals surface area contributed by atoms with Gasteiger partial charge in [0.25, 0.3) is 0 Å². The maximum Gasteiger partial charge on any atom is 0.0111 e. The van der Waals surface area contributed by atoms with E-state index in [9.17, 15) is 0 Å². The molecule has 19 heavy (non-hydrogen) atoms. The van der Waals surface area contributed by atoms with Crippen molar-refractivity contribution in [3.05, 3.63) is 71.3 Å². The Morgan fingerprint density at radius 1 is 0.895 bits per heavy atom. The van der Waals surface area contributed by atoms with E-state index in [-0.39, 0.29) is 0 Å². The first kappa shape index (κ1) is 12.4. The second-order valence-corrected chi connectivity index (χ2v) is 5.40. The molecule has 1 unspecified atom stereocenters. The molecule has 0 saturated carbocycles. The normalized spacial score (nSPS) is 18.0. The van der Waals surface area contributed by atoms with Gasteiger partial charge in [-0.25, -0.2) is 0 Å². The van der Waals surface area contributed by atoms with Gasteiger partial charge in [0.2, 0.25) is 0 Å². The van der Waals surface area contributed by atoms with Crippen LogP contribution in [-0.4, -0.2) is 12.6 Å². The van der Waals surface area contributed by atoms with Crippen LogP contribution in [0.4, 0.5) is 0 Å². The molecule has 1 heteroatoms. The topological polar surface area (TPSA) is 12.0 Å². The number of fused-ring (bicyclic) bond motifs is 1. The van der Waals surface area contributed by atoms with E-state index >= 15 is 0 Å². The molecule has 0 aliphatic heterocycles. The molecule has 3 rings (SSSR count). The molecule has 0 fully saturated rings. The molecule has 0 radical (unpaired) electrons. The van der Waals surface area contributed by atoms with Crippen LogP contribution in [0.3, 0.4) is 0 Å². The van der Waals surface area contributed by atoms with Gasteiger partial charge in [-0.15, -0.1) is 0 Å². The van der Waals surface area contributed by atoms with Crippen LogP contribution in [0.25, 0.3) is 0 Å². The largest absolute Gasteiger partial charge is 0.313 e. The summed E-state index contributed by atoms with van der Waals surface area (Å²) in [6.45, 7) is 1.08. The van der Waals surface area contributed by atoms with Crippen molar-refractivity contribution in [3.8, 4) is 0 Å². The van der Waals surface area contributed by atoms with E-state index < -0.39 is 0 Å². The SMILES string of the molecule is c1ccc(CCNC2CCc3ccccc3C2)cc1. The molecule has 1 aliphatic carbocycles. The Morgan fingerprint density at radius 3 is 2.47 bits per heavy atom. The van der Waals surface area contributed by atoms with E-state index in [0.717, 1.165) is 13.0 Å². The van der Waals surface area contributed by atoms with Gasteiger partial charge in [-0.2, -0.15) is 0 Å². The number of nitrogens with one attached hydrogen (secondary N) is 1. The van der Waals surface area contributed by atoms with Crippen molar-refractivity contribution in [2.45, 2.75) is 31.7 Å². The summed E-state index contributed by atoms with van der Waals surface area (Å²) in [6.07, 6.45) is 4.80. The van der Waals surface area contributed by atoms with Crippen molar-refractivity contribution >= 4 is 0 Å². The lowest BCUT2D eigenvalue weighted by molar-refractivity contribution is 0.461. The lowest BCUT2D eigenvalue weighted by atomic mass is 9.88. The Hall–Kier alpha value is -1.60. The van der Waals surface area contributed by atoms with Crippen LogP contribution in [-0.2, 0) is 19.3 Å². The van der Waals surface area contributed by atoms with Crippen LogP contribution < -0.4 is 5.32 Å². The molecule has 2 aromatic rings. The third-order valence-electron chi connectivity index (χ3n) is 4.04. The highest BCUT2D eigenvalue weighted by Gasteiger charge is 2.17. The molecule has 0 saturated heterocycles. The number of hydrogen-bond acceptors (Lipinski definition) is 1. The van der Waals surface area contributed by atoms with Crippen molar-refractivity contribution in [1.29, 1.82) is 0 Å². The molecule has 98 valence electrons. The summed E-state index contributed by atoms with van der Waals surface area (Å²) in [4.78, 5) is 0. The summed E-state index contributed by atoms with van der Waals surface area (Å²) >= 11 is 0. The minimum absolute atomic E-state index is 0.651. The average molecular weight is 251 g/mol. The molecule has 1 N–H and O–H groups in total. The first-order valence-electron chi connectivity index (χ1n) is 7.26. The van der Waals surface area contributed by atoms with Crippen LogP contribution in [0.1, 0.15) is 23.1 Å². The second-order valence-electron chi connectivity index (χ2n) is 5.40. The third-order valence-corrected chi connectivity index (χ3v) is 4.04. The van der Waals surface area contributed by atoms with E-state index in [4.69, 9.17) is 0 Å². The van der Waals surface area contributed by atoms with Gasteiger partial charge in [0.05, 0.1) is 0 Å². The minimum atomic E-state index is 0.651. The number of benzene rings is 2.